The lowest BCUT2D eigenvalue weighted by Gasteiger charge is -2.53. The molecule has 3 spiro atoms. The molecule has 0 bridgehead atoms. The number of carbonyl (C=O) groups excluding carboxylic acids is 1. The minimum Gasteiger partial charge on any atom is -0.492 e. The predicted octanol–water partition coefficient (Wildman–Crippen LogP) is 9.09. The number of benzene rings is 1. The summed E-state index contributed by atoms with van der Waals surface area (Å²) in [7, 11) is 1.48. The molecule has 4 heterocycles. The number of piperidine rings is 1. The maximum absolute atomic E-state index is 13.3. The Hall–Kier alpha value is -2.91. The highest BCUT2D eigenvalue weighted by molar-refractivity contribution is 5.94. The SMILES string of the molecule is COC1=C(CO)C(=O)OC1=C1OC2=CCCN3[C@H]([C@@H](O)[C@H]4C=CC[C@@H](C5CCCC5)C4)[C@H]4C[C@]5(CC[C@]6(CCC7(CCCC7)C6)C5)[C@@H](c5ccccc5)[C@@H]4C[C@@H]3[C@@H]2[C@@H]1CO. The van der Waals surface area contributed by atoms with Gasteiger partial charge >= 0.3 is 5.97 Å². The third-order valence-electron chi connectivity index (χ3n) is 19.1. The standard InChI is InChI=1S/C52H69NO7/c1-58-46-39(29-55)49(57)60-48(46)47-38(28-54)42-40-26-36-37(44(53(40)24-10-17-41(42)59-47)45(56)35-16-9-15-34(25-35)32-11-5-6-12-32)27-52(43(36)33-13-3-2-4-14-33)23-22-51(31-52)21-20-50(30-51)18-7-8-19-50/h2-4,9,13-14,16-17,32,34-38,40,42-45,54-56H,5-8,10-12,15,18-31H2,1H3/t34-,35+,36-,37+,38+,40-,42+,43+,44+,45+,51+,52+/m1/s1. The molecule has 1 aromatic rings. The minimum absolute atomic E-state index is 0.0128. The van der Waals surface area contributed by atoms with Gasteiger partial charge < -0.3 is 29.5 Å². The average Bonchev–Trinajstić information content (AvgIpc) is 4.15. The number of esters is 1. The van der Waals surface area contributed by atoms with Crippen molar-refractivity contribution in [3.63, 3.8) is 0 Å². The van der Waals surface area contributed by atoms with Gasteiger partial charge in [-0.05, 0) is 141 Å². The van der Waals surface area contributed by atoms with Crippen molar-refractivity contribution in [1.29, 1.82) is 0 Å². The number of carbonyl (C=O) groups is 1. The quantitative estimate of drug-likeness (QED) is 0.185. The van der Waals surface area contributed by atoms with Crippen molar-refractivity contribution in [2.45, 2.75) is 146 Å². The van der Waals surface area contributed by atoms with E-state index in [0.717, 1.165) is 43.9 Å². The van der Waals surface area contributed by atoms with Crippen molar-refractivity contribution in [1.82, 2.24) is 4.90 Å². The van der Waals surface area contributed by atoms with Crippen molar-refractivity contribution >= 4 is 5.97 Å². The molecule has 0 aromatic heterocycles. The van der Waals surface area contributed by atoms with Crippen LogP contribution in [0, 0.1) is 57.7 Å². The number of nitrogens with zero attached hydrogens (tertiary/aromatic N) is 1. The van der Waals surface area contributed by atoms with Crippen LogP contribution in [0.2, 0.25) is 0 Å². The second-order valence-electron chi connectivity index (χ2n) is 21.8. The Morgan fingerprint density at radius 3 is 2.45 bits per heavy atom. The van der Waals surface area contributed by atoms with Crippen LogP contribution in [0.4, 0.5) is 0 Å². The Morgan fingerprint density at radius 2 is 1.68 bits per heavy atom. The van der Waals surface area contributed by atoms with E-state index < -0.39 is 24.6 Å². The van der Waals surface area contributed by atoms with E-state index in [1.165, 1.54) is 109 Å². The summed E-state index contributed by atoms with van der Waals surface area (Å²) in [5, 5.41) is 34.8. The van der Waals surface area contributed by atoms with Crippen LogP contribution in [-0.4, -0.2) is 71.2 Å². The van der Waals surface area contributed by atoms with Crippen molar-refractivity contribution in [2.24, 2.45) is 57.7 Å². The molecular weight excluding hydrogens is 751 g/mol. The molecule has 11 rings (SSSR count). The third-order valence-corrected chi connectivity index (χ3v) is 19.1. The lowest BCUT2D eigenvalue weighted by Crippen LogP contribution is -2.62. The highest BCUT2D eigenvalue weighted by Crippen LogP contribution is 2.74. The summed E-state index contributed by atoms with van der Waals surface area (Å²) in [5.74, 6) is 3.00. The zero-order valence-electron chi connectivity index (χ0n) is 35.9. The van der Waals surface area contributed by atoms with E-state index in [1.807, 2.05) is 0 Å². The Labute approximate surface area is 357 Å². The van der Waals surface area contributed by atoms with Crippen LogP contribution in [0.5, 0.6) is 0 Å². The second-order valence-corrected chi connectivity index (χ2v) is 21.8. The van der Waals surface area contributed by atoms with E-state index in [2.05, 4.69) is 53.5 Å². The van der Waals surface area contributed by atoms with E-state index in [1.54, 1.807) is 0 Å². The average molecular weight is 820 g/mol. The van der Waals surface area contributed by atoms with Crippen molar-refractivity contribution < 1.29 is 34.3 Å². The lowest BCUT2D eigenvalue weighted by atomic mass is 9.64. The van der Waals surface area contributed by atoms with Crippen LogP contribution in [-0.2, 0) is 19.0 Å². The molecule has 3 N–H and O–H groups in total. The monoisotopic (exact) mass is 820 g/mol. The number of aliphatic hydroxyl groups is 3. The summed E-state index contributed by atoms with van der Waals surface area (Å²) in [5.41, 5.74) is 2.78. The molecule has 0 unspecified atom stereocenters. The molecule has 12 atom stereocenters. The van der Waals surface area contributed by atoms with Gasteiger partial charge in [-0.25, -0.2) is 4.79 Å². The topological polar surface area (TPSA) is 109 Å². The van der Waals surface area contributed by atoms with E-state index in [9.17, 15) is 20.1 Å². The minimum atomic E-state index is -0.641. The number of methoxy groups -OCH3 is 1. The lowest BCUT2D eigenvalue weighted by molar-refractivity contribution is -0.134. The first-order valence-electron chi connectivity index (χ1n) is 24.3. The molecule has 8 nitrogen and oxygen atoms in total. The molecule has 10 aliphatic rings. The second kappa shape index (κ2) is 15.4. The zero-order chi connectivity index (χ0) is 40.8. The highest BCUT2D eigenvalue weighted by Gasteiger charge is 2.67. The molecule has 5 saturated carbocycles. The summed E-state index contributed by atoms with van der Waals surface area (Å²) in [6.07, 6.45) is 30.9. The van der Waals surface area contributed by atoms with Gasteiger partial charge in [0.15, 0.2) is 11.5 Å². The molecule has 0 radical (unpaired) electrons. The molecule has 4 aliphatic heterocycles. The first kappa shape index (κ1) is 39.9. The van der Waals surface area contributed by atoms with Gasteiger partial charge in [-0.3, -0.25) is 4.90 Å². The predicted molar refractivity (Wildman–Crippen MR) is 229 cm³/mol. The largest absolute Gasteiger partial charge is 0.492 e. The number of hydrogen-bond donors (Lipinski definition) is 3. The van der Waals surface area contributed by atoms with Gasteiger partial charge in [0.25, 0.3) is 0 Å². The number of rotatable bonds is 7. The van der Waals surface area contributed by atoms with Crippen LogP contribution < -0.4 is 0 Å². The van der Waals surface area contributed by atoms with E-state index in [0.29, 0.717) is 40.3 Å². The molecule has 8 heteroatoms. The molecule has 1 aromatic carbocycles. The number of ether oxygens (including phenoxy) is 3. The van der Waals surface area contributed by atoms with Crippen LogP contribution in [0.25, 0.3) is 0 Å². The normalized spacial score (nSPS) is 42.8. The Kier molecular flexibility index (Phi) is 10.3. The van der Waals surface area contributed by atoms with E-state index in [4.69, 9.17) is 14.2 Å². The van der Waals surface area contributed by atoms with E-state index in [-0.39, 0.29) is 53.0 Å². The van der Waals surface area contributed by atoms with Gasteiger partial charge in [-0.2, -0.15) is 0 Å². The molecular formula is C52H69NO7. The number of allylic oxidation sites excluding steroid dienone is 1. The zero-order valence-corrected chi connectivity index (χ0v) is 35.9. The Bertz CT molecular complexity index is 1940. The molecule has 324 valence electrons. The smallest absolute Gasteiger partial charge is 0.345 e. The fourth-order valence-electron chi connectivity index (χ4n) is 16.9. The number of hydrogen-bond acceptors (Lipinski definition) is 8. The van der Waals surface area contributed by atoms with Crippen molar-refractivity contribution in [2.75, 3.05) is 26.9 Å². The Balaban J connectivity index is 1.01. The summed E-state index contributed by atoms with van der Waals surface area (Å²) < 4.78 is 18.2. The molecule has 6 aliphatic carbocycles. The summed E-state index contributed by atoms with van der Waals surface area (Å²) >= 11 is 0. The number of cyclic esters (lactones) is 1. The molecule has 2 saturated heterocycles. The maximum Gasteiger partial charge on any atom is 0.345 e. The fourth-order valence-corrected chi connectivity index (χ4v) is 16.9. The third kappa shape index (κ3) is 6.29. The summed E-state index contributed by atoms with van der Waals surface area (Å²) in [6.45, 7) is 0.157. The highest BCUT2D eigenvalue weighted by atomic mass is 16.6. The van der Waals surface area contributed by atoms with E-state index >= 15 is 0 Å². The molecule has 0 amide bonds. The first-order chi connectivity index (χ1) is 29.3. The van der Waals surface area contributed by atoms with Crippen molar-refractivity contribution in [3.8, 4) is 0 Å². The van der Waals surface area contributed by atoms with Crippen LogP contribution in [0.3, 0.4) is 0 Å². The molecule has 7 fully saturated rings. The number of aliphatic hydroxyl groups excluding tert-OH is 3. The summed E-state index contributed by atoms with van der Waals surface area (Å²) in [6, 6.07) is 11.5. The van der Waals surface area contributed by atoms with Gasteiger partial charge in [0.2, 0.25) is 5.76 Å². The van der Waals surface area contributed by atoms with Crippen LogP contribution in [0.1, 0.15) is 133 Å². The molecule has 60 heavy (non-hydrogen) atoms. The van der Waals surface area contributed by atoms with Crippen LogP contribution in [0.15, 0.2) is 77.2 Å². The van der Waals surface area contributed by atoms with Gasteiger partial charge in [0.1, 0.15) is 11.3 Å². The Morgan fingerprint density at radius 1 is 0.900 bits per heavy atom. The van der Waals surface area contributed by atoms with Gasteiger partial charge in [-0.1, -0.05) is 81.0 Å². The van der Waals surface area contributed by atoms with Gasteiger partial charge in [-0.15, -0.1) is 0 Å². The van der Waals surface area contributed by atoms with Gasteiger partial charge in [0, 0.05) is 30.5 Å². The maximum atomic E-state index is 13.3. The fraction of sp³-hybridized carbons (Fsp3) is 0.712. The first-order valence-corrected chi connectivity index (χ1v) is 24.3. The van der Waals surface area contributed by atoms with Gasteiger partial charge in [0.05, 0.1) is 32.3 Å². The van der Waals surface area contributed by atoms with Crippen LogP contribution >= 0.6 is 0 Å². The van der Waals surface area contributed by atoms with Crippen molar-refractivity contribution in [3.05, 3.63) is 82.7 Å². The number of fused-ring (bicyclic) bond motifs is 4. The summed E-state index contributed by atoms with van der Waals surface area (Å²) in [4.78, 5) is 15.7.